The standard InChI is InChI=1S/C19H20ClNO3S/c1-3-24-17(22)12-25-18(14-7-5-4-6-8-14)19(23)21-15-10-9-13(2)16(20)11-15/h4-11,18H,3,12H2,1-2H3,(H,21,23). The van der Waals surface area contributed by atoms with Gasteiger partial charge >= 0.3 is 5.97 Å². The molecular weight excluding hydrogens is 358 g/mol. The lowest BCUT2D eigenvalue weighted by Gasteiger charge is -2.17. The fraction of sp³-hybridized carbons (Fsp3) is 0.263. The molecule has 0 spiro atoms. The van der Waals surface area contributed by atoms with Crippen LogP contribution >= 0.6 is 23.4 Å². The lowest BCUT2D eigenvalue weighted by Crippen LogP contribution is -2.20. The Morgan fingerprint density at radius 1 is 1.20 bits per heavy atom. The van der Waals surface area contributed by atoms with Gasteiger partial charge in [-0.2, -0.15) is 0 Å². The van der Waals surface area contributed by atoms with Crippen LogP contribution in [0.1, 0.15) is 23.3 Å². The third-order valence-electron chi connectivity index (χ3n) is 3.45. The second kappa shape index (κ2) is 9.49. The van der Waals surface area contributed by atoms with Crippen LogP contribution in [0.25, 0.3) is 0 Å². The number of nitrogens with one attached hydrogen (secondary N) is 1. The Bertz CT molecular complexity index is 737. The van der Waals surface area contributed by atoms with Crippen molar-refractivity contribution in [1.29, 1.82) is 0 Å². The number of benzene rings is 2. The predicted molar refractivity (Wildman–Crippen MR) is 103 cm³/mol. The third-order valence-corrected chi connectivity index (χ3v) is 5.08. The zero-order valence-electron chi connectivity index (χ0n) is 14.1. The maximum atomic E-state index is 12.8. The van der Waals surface area contributed by atoms with Crippen molar-refractivity contribution in [2.24, 2.45) is 0 Å². The average molecular weight is 378 g/mol. The third kappa shape index (κ3) is 5.80. The second-order valence-electron chi connectivity index (χ2n) is 5.36. The molecule has 0 aromatic heterocycles. The molecule has 0 radical (unpaired) electrons. The van der Waals surface area contributed by atoms with Gasteiger partial charge < -0.3 is 10.1 Å². The molecule has 0 fully saturated rings. The number of rotatable bonds is 7. The van der Waals surface area contributed by atoms with Crippen LogP contribution in [-0.2, 0) is 14.3 Å². The van der Waals surface area contributed by atoms with Crippen molar-refractivity contribution in [3.05, 3.63) is 64.7 Å². The zero-order chi connectivity index (χ0) is 18.2. The number of halogens is 1. The molecule has 4 nitrogen and oxygen atoms in total. The summed E-state index contributed by atoms with van der Waals surface area (Å²) in [5.74, 6) is -0.435. The van der Waals surface area contributed by atoms with Gasteiger partial charge in [0.25, 0.3) is 0 Å². The number of thioether (sulfide) groups is 1. The number of hydrogen-bond acceptors (Lipinski definition) is 4. The van der Waals surface area contributed by atoms with Gasteiger partial charge in [0.05, 0.1) is 12.4 Å². The van der Waals surface area contributed by atoms with Gasteiger partial charge in [-0.3, -0.25) is 9.59 Å². The summed E-state index contributed by atoms with van der Waals surface area (Å²) in [6.45, 7) is 3.98. The van der Waals surface area contributed by atoms with Gasteiger partial charge in [-0.1, -0.05) is 48.0 Å². The first-order chi connectivity index (χ1) is 12.0. The second-order valence-corrected chi connectivity index (χ2v) is 6.86. The minimum Gasteiger partial charge on any atom is -0.465 e. The van der Waals surface area contributed by atoms with Gasteiger partial charge in [-0.25, -0.2) is 0 Å². The van der Waals surface area contributed by atoms with Crippen molar-refractivity contribution in [2.75, 3.05) is 17.7 Å². The molecule has 0 saturated carbocycles. The fourth-order valence-electron chi connectivity index (χ4n) is 2.18. The van der Waals surface area contributed by atoms with Gasteiger partial charge in [0.1, 0.15) is 5.25 Å². The Labute approximate surface area is 156 Å². The molecule has 1 amide bonds. The van der Waals surface area contributed by atoms with Gasteiger partial charge in [0.15, 0.2) is 0 Å². The average Bonchev–Trinajstić information content (AvgIpc) is 2.59. The van der Waals surface area contributed by atoms with Crippen molar-refractivity contribution < 1.29 is 14.3 Å². The van der Waals surface area contributed by atoms with E-state index in [9.17, 15) is 9.59 Å². The van der Waals surface area contributed by atoms with E-state index in [4.69, 9.17) is 16.3 Å². The molecule has 2 rings (SSSR count). The van der Waals surface area contributed by atoms with Gasteiger partial charge in [-0.15, -0.1) is 11.8 Å². The highest BCUT2D eigenvalue weighted by Gasteiger charge is 2.23. The maximum Gasteiger partial charge on any atom is 0.315 e. The smallest absolute Gasteiger partial charge is 0.315 e. The van der Waals surface area contributed by atoms with Crippen LogP contribution < -0.4 is 5.32 Å². The van der Waals surface area contributed by atoms with Crippen molar-refractivity contribution in [3.8, 4) is 0 Å². The highest BCUT2D eigenvalue weighted by Crippen LogP contribution is 2.31. The summed E-state index contributed by atoms with van der Waals surface area (Å²) >= 11 is 7.35. The molecule has 1 atom stereocenters. The van der Waals surface area contributed by atoms with Crippen molar-refractivity contribution in [2.45, 2.75) is 19.1 Å². The van der Waals surface area contributed by atoms with E-state index >= 15 is 0 Å². The molecule has 0 aliphatic carbocycles. The summed E-state index contributed by atoms with van der Waals surface area (Å²) < 4.78 is 4.95. The Balaban J connectivity index is 2.14. The Morgan fingerprint density at radius 3 is 2.56 bits per heavy atom. The van der Waals surface area contributed by atoms with E-state index in [1.165, 1.54) is 11.8 Å². The number of aryl methyl sites for hydroxylation is 1. The normalized spacial score (nSPS) is 11.6. The summed E-state index contributed by atoms with van der Waals surface area (Å²) in [5, 5.41) is 2.94. The Morgan fingerprint density at radius 2 is 1.92 bits per heavy atom. The van der Waals surface area contributed by atoms with Crippen LogP contribution in [0.5, 0.6) is 0 Å². The summed E-state index contributed by atoms with van der Waals surface area (Å²) in [5.41, 5.74) is 2.39. The van der Waals surface area contributed by atoms with E-state index in [-0.39, 0.29) is 17.6 Å². The van der Waals surface area contributed by atoms with Crippen LogP contribution in [0.3, 0.4) is 0 Å². The number of anilines is 1. The molecule has 0 saturated heterocycles. The van der Waals surface area contributed by atoms with Crippen LogP contribution in [0.4, 0.5) is 5.69 Å². The van der Waals surface area contributed by atoms with Gasteiger partial charge in [0, 0.05) is 10.7 Å². The largest absolute Gasteiger partial charge is 0.465 e. The molecular formula is C19H20ClNO3S. The van der Waals surface area contributed by atoms with Gasteiger partial charge in [-0.05, 0) is 37.1 Å². The molecule has 6 heteroatoms. The number of carbonyl (C=O) groups excluding carboxylic acids is 2. The monoisotopic (exact) mass is 377 g/mol. The van der Waals surface area contributed by atoms with Crippen molar-refractivity contribution in [3.63, 3.8) is 0 Å². The van der Waals surface area contributed by atoms with E-state index in [1.807, 2.05) is 43.3 Å². The first-order valence-electron chi connectivity index (χ1n) is 7.90. The van der Waals surface area contributed by atoms with Crippen LogP contribution in [0.15, 0.2) is 48.5 Å². The van der Waals surface area contributed by atoms with Crippen LogP contribution in [-0.4, -0.2) is 24.2 Å². The van der Waals surface area contributed by atoms with E-state index < -0.39 is 5.25 Å². The quantitative estimate of drug-likeness (QED) is 0.715. The molecule has 0 heterocycles. The Hall–Kier alpha value is -1.98. The van der Waals surface area contributed by atoms with Crippen LogP contribution in [0, 0.1) is 6.92 Å². The fourth-order valence-corrected chi connectivity index (χ4v) is 3.31. The lowest BCUT2D eigenvalue weighted by molar-refractivity contribution is -0.139. The first-order valence-corrected chi connectivity index (χ1v) is 9.33. The first kappa shape index (κ1) is 19.3. The molecule has 1 unspecified atom stereocenters. The molecule has 0 aliphatic rings. The summed E-state index contributed by atoms with van der Waals surface area (Å²) in [4.78, 5) is 24.4. The minimum atomic E-state index is -0.523. The summed E-state index contributed by atoms with van der Waals surface area (Å²) in [7, 11) is 0. The highest BCUT2D eigenvalue weighted by molar-refractivity contribution is 8.00. The maximum absolute atomic E-state index is 12.8. The molecule has 25 heavy (non-hydrogen) atoms. The molecule has 0 bridgehead atoms. The number of amides is 1. The molecule has 1 N–H and O–H groups in total. The summed E-state index contributed by atoms with van der Waals surface area (Å²) in [6.07, 6.45) is 0. The lowest BCUT2D eigenvalue weighted by atomic mass is 10.1. The minimum absolute atomic E-state index is 0.107. The van der Waals surface area contributed by atoms with Gasteiger partial charge in [0.2, 0.25) is 5.91 Å². The van der Waals surface area contributed by atoms with E-state index in [0.29, 0.717) is 17.3 Å². The van der Waals surface area contributed by atoms with E-state index in [0.717, 1.165) is 11.1 Å². The number of esters is 1. The van der Waals surface area contributed by atoms with Crippen LogP contribution in [0.2, 0.25) is 5.02 Å². The number of hydrogen-bond donors (Lipinski definition) is 1. The number of carbonyl (C=O) groups is 2. The molecule has 2 aromatic rings. The molecule has 132 valence electrons. The Kier molecular flexibility index (Phi) is 7.34. The molecule has 2 aromatic carbocycles. The zero-order valence-corrected chi connectivity index (χ0v) is 15.7. The molecule has 0 aliphatic heterocycles. The topological polar surface area (TPSA) is 55.4 Å². The van der Waals surface area contributed by atoms with E-state index in [2.05, 4.69) is 5.32 Å². The predicted octanol–water partition coefficient (Wildman–Crippen LogP) is 4.62. The SMILES string of the molecule is CCOC(=O)CSC(C(=O)Nc1ccc(C)c(Cl)c1)c1ccccc1. The van der Waals surface area contributed by atoms with E-state index in [1.54, 1.807) is 19.1 Å². The van der Waals surface area contributed by atoms with Crippen molar-refractivity contribution >= 4 is 40.9 Å². The summed E-state index contributed by atoms with van der Waals surface area (Å²) in [6, 6.07) is 14.7. The van der Waals surface area contributed by atoms with Crippen molar-refractivity contribution in [1.82, 2.24) is 0 Å². The highest BCUT2D eigenvalue weighted by atomic mass is 35.5. The number of ether oxygens (including phenoxy) is 1.